The molecule has 0 aromatic rings. The first-order valence-electron chi connectivity index (χ1n) is 4.83. The van der Waals surface area contributed by atoms with Crippen LogP contribution in [0.2, 0.25) is 0 Å². The second-order valence-electron chi connectivity index (χ2n) is 4.04. The summed E-state index contributed by atoms with van der Waals surface area (Å²) < 4.78 is 0. The van der Waals surface area contributed by atoms with Crippen LogP contribution in [0.25, 0.3) is 0 Å². The van der Waals surface area contributed by atoms with Gasteiger partial charge in [0.15, 0.2) is 0 Å². The van der Waals surface area contributed by atoms with Gasteiger partial charge in [0.25, 0.3) is 0 Å². The molecule has 4 atom stereocenters. The molecule has 1 aliphatic carbocycles. The SMILES string of the molecule is C=CC(C)C(CC)C1CC1C. The Labute approximate surface area is 70.7 Å². The zero-order valence-corrected chi connectivity index (χ0v) is 8.01. The quantitative estimate of drug-likeness (QED) is 0.541. The van der Waals surface area contributed by atoms with Crippen molar-refractivity contribution in [2.24, 2.45) is 23.7 Å². The van der Waals surface area contributed by atoms with Crippen LogP contribution in [0.3, 0.4) is 0 Å². The van der Waals surface area contributed by atoms with Crippen molar-refractivity contribution < 1.29 is 0 Å². The molecule has 0 heterocycles. The first kappa shape index (κ1) is 8.83. The lowest BCUT2D eigenvalue weighted by Crippen LogP contribution is -2.11. The molecule has 0 aliphatic heterocycles. The summed E-state index contributed by atoms with van der Waals surface area (Å²) in [5.41, 5.74) is 0. The van der Waals surface area contributed by atoms with Crippen molar-refractivity contribution >= 4 is 0 Å². The van der Waals surface area contributed by atoms with Crippen LogP contribution in [0.15, 0.2) is 12.7 Å². The van der Waals surface area contributed by atoms with Crippen molar-refractivity contribution in [2.75, 3.05) is 0 Å². The van der Waals surface area contributed by atoms with Gasteiger partial charge in [-0.05, 0) is 30.1 Å². The molecule has 0 amide bonds. The average molecular weight is 152 g/mol. The minimum Gasteiger partial charge on any atom is -0.103 e. The van der Waals surface area contributed by atoms with E-state index in [1.807, 2.05) is 0 Å². The van der Waals surface area contributed by atoms with Gasteiger partial charge < -0.3 is 0 Å². The summed E-state index contributed by atoms with van der Waals surface area (Å²) in [5, 5.41) is 0. The van der Waals surface area contributed by atoms with Gasteiger partial charge in [-0.2, -0.15) is 0 Å². The van der Waals surface area contributed by atoms with Crippen LogP contribution in [0.5, 0.6) is 0 Å². The molecule has 0 saturated heterocycles. The molecule has 0 N–H and O–H groups in total. The smallest absolute Gasteiger partial charge is 0.0234 e. The van der Waals surface area contributed by atoms with Crippen LogP contribution >= 0.6 is 0 Å². The number of allylic oxidation sites excluding steroid dienone is 1. The Hall–Kier alpha value is -0.260. The third kappa shape index (κ3) is 1.85. The maximum absolute atomic E-state index is 3.86. The lowest BCUT2D eigenvalue weighted by Gasteiger charge is -2.19. The fourth-order valence-corrected chi connectivity index (χ4v) is 2.19. The van der Waals surface area contributed by atoms with Gasteiger partial charge in [-0.1, -0.05) is 33.3 Å². The van der Waals surface area contributed by atoms with Crippen molar-refractivity contribution in [3.8, 4) is 0 Å². The predicted molar refractivity (Wildman–Crippen MR) is 50.4 cm³/mol. The second-order valence-corrected chi connectivity index (χ2v) is 4.04. The molecule has 11 heavy (non-hydrogen) atoms. The van der Waals surface area contributed by atoms with Crippen molar-refractivity contribution in [3.63, 3.8) is 0 Å². The third-order valence-corrected chi connectivity index (χ3v) is 3.24. The van der Waals surface area contributed by atoms with Gasteiger partial charge in [0, 0.05) is 0 Å². The first-order valence-corrected chi connectivity index (χ1v) is 4.83. The highest BCUT2D eigenvalue weighted by molar-refractivity contribution is 4.93. The monoisotopic (exact) mass is 152 g/mol. The standard InChI is InChI=1S/C11H20/c1-5-8(3)10(6-2)11-7-9(11)4/h5,8-11H,1,6-7H2,2-4H3. The van der Waals surface area contributed by atoms with Crippen molar-refractivity contribution in [1.29, 1.82) is 0 Å². The molecule has 0 spiro atoms. The summed E-state index contributed by atoms with van der Waals surface area (Å²) in [6.45, 7) is 10.8. The molecule has 1 aliphatic rings. The van der Waals surface area contributed by atoms with Crippen LogP contribution in [0.1, 0.15) is 33.6 Å². The Balaban J connectivity index is 2.42. The second kappa shape index (κ2) is 3.42. The summed E-state index contributed by atoms with van der Waals surface area (Å²) >= 11 is 0. The number of hydrogen-bond acceptors (Lipinski definition) is 0. The fourth-order valence-electron chi connectivity index (χ4n) is 2.19. The van der Waals surface area contributed by atoms with E-state index in [1.165, 1.54) is 12.8 Å². The van der Waals surface area contributed by atoms with Gasteiger partial charge in [-0.3, -0.25) is 0 Å². The Morgan fingerprint density at radius 3 is 2.45 bits per heavy atom. The molecular weight excluding hydrogens is 132 g/mol. The fraction of sp³-hybridized carbons (Fsp3) is 0.818. The molecule has 1 fully saturated rings. The average Bonchev–Trinajstić information content (AvgIpc) is 2.68. The van der Waals surface area contributed by atoms with Gasteiger partial charge in [-0.25, -0.2) is 0 Å². The van der Waals surface area contributed by atoms with E-state index in [4.69, 9.17) is 0 Å². The van der Waals surface area contributed by atoms with Crippen LogP contribution in [0.4, 0.5) is 0 Å². The maximum atomic E-state index is 3.86. The number of rotatable bonds is 4. The van der Waals surface area contributed by atoms with Crippen LogP contribution in [0, 0.1) is 23.7 Å². The van der Waals surface area contributed by atoms with Crippen LogP contribution in [-0.2, 0) is 0 Å². The van der Waals surface area contributed by atoms with E-state index in [0.29, 0.717) is 0 Å². The summed E-state index contributed by atoms with van der Waals surface area (Å²) in [6.07, 6.45) is 4.89. The molecular formula is C11H20. The molecule has 0 heteroatoms. The topological polar surface area (TPSA) is 0 Å². The summed E-state index contributed by atoms with van der Waals surface area (Å²) in [6, 6.07) is 0. The zero-order chi connectivity index (χ0) is 8.43. The first-order chi connectivity index (χ1) is 5.20. The minimum atomic E-state index is 0.718. The highest BCUT2D eigenvalue weighted by Crippen LogP contribution is 2.47. The molecule has 0 nitrogen and oxygen atoms in total. The van der Waals surface area contributed by atoms with E-state index >= 15 is 0 Å². The Kier molecular flexibility index (Phi) is 2.75. The summed E-state index contributed by atoms with van der Waals surface area (Å²) in [7, 11) is 0. The van der Waals surface area contributed by atoms with Gasteiger partial charge in [0.05, 0.1) is 0 Å². The predicted octanol–water partition coefficient (Wildman–Crippen LogP) is 3.49. The van der Waals surface area contributed by atoms with E-state index in [2.05, 4.69) is 33.4 Å². The molecule has 64 valence electrons. The lowest BCUT2D eigenvalue weighted by atomic mass is 9.86. The van der Waals surface area contributed by atoms with Crippen LogP contribution < -0.4 is 0 Å². The van der Waals surface area contributed by atoms with E-state index in [0.717, 1.165) is 23.7 Å². The van der Waals surface area contributed by atoms with E-state index in [9.17, 15) is 0 Å². The Morgan fingerprint density at radius 2 is 2.18 bits per heavy atom. The summed E-state index contributed by atoms with van der Waals surface area (Å²) in [5.74, 6) is 3.62. The third-order valence-electron chi connectivity index (χ3n) is 3.24. The molecule has 0 radical (unpaired) electrons. The van der Waals surface area contributed by atoms with Gasteiger partial charge in [0.1, 0.15) is 0 Å². The lowest BCUT2D eigenvalue weighted by molar-refractivity contribution is 0.345. The molecule has 1 saturated carbocycles. The molecule has 4 unspecified atom stereocenters. The van der Waals surface area contributed by atoms with E-state index in [-0.39, 0.29) is 0 Å². The van der Waals surface area contributed by atoms with Crippen molar-refractivity contribution in [1.82, 2.24) is 0 Å². The minimum absolute atomic E-state index is 0.718. The van der Waals surface area contributed by atoms with E-state index in [1.54, 1.807) is 0 Å². The molecule has 0 aromatic heterocycles. The van der Waals surface area contributed by atoms with Crippen LogP contribution in [-0.4, -0.2) is 0 Å². The van der Waals surface area contributed by atoms with Gasteiger partial charge >= 0.3 is 0 Å². The highest BCUT2D eigenvalue weighted by atomic mass is 14.4. The molecule has 0 aromatic carbocycles. The number of hydrogen-bond donors (Lipinski definition) is 0. The van der Waals surface area contributed by atoms with Crippen molar-refractivity contribution in [3.05, 3.63) is 12.7 Å². The molecule has 0 bridgehead atoms. The zero-order valence-electron chi connectivity index (χ0n) is 8.01. The van der Waals surface area contributed by atoms with Crippen molar-refractivity contribution in [2.45, 2.75) is 33.6 Å². The Morgan fingerprint density at radius 1 is 1.64 bits per heavy atom. The largest absolute Gasteiger partial charge is 0.103 e. The summed E-state index contributed by atoms with van der Waals surface area (Å²) in [4.78, 5) is 0. The maximum Gasteiger partial charge on any atom is -0.0234 e. The normalized spacial score (nSPS) is 34.5. The molecule has 1 rings (SSSR count). The van der Waals surface area contributed by atoms with Gasteiger partial charge in [-0.15, -0.1) is 6.58 Å². The Bertz CT molecular complexity index is 137. The van der Waals surface area contributed by atoms with Gasteiger partial charge in [0.2, 0.25) is 0 Å². The highest BCUT2D eigenvalue weighted by Gasteiger charge is 2.39. The van der Waals surface area contributed by atoms with E-state index < -0.39 is 0 Å².